The van der Waals surface area contributed by atoms with Crippen LogP contribution >= 0.6 is 23.4 Å². The summed E-state index contributed by atoms with van der Waals surface area (Å²) in [5.41, 5.74) is 1.82. The Kier molecular flexibility index (Phi) is 4.51. The van der Waals surface area contributed by atoms with Crippen molar-refractivity contribution < 1.29 is 9.53 Å². The minimum absolute atomic E-state index is 0.0821. The smallest absolute Gasteiger partial charge is 0.176 e. The monoisotopic (exact) mass is 318 g/mol. The fourth-order valence-corrected chi connectivity index (χ4v) is 3.51. The van der Waals surface area contributed by atoms with Crippen LogP contribution in [0, 0.1) is 0 Å². The third-order valence-corrected chi connectivity index (χ3v) is 4.94. The van der Waals surface area contributed by atoms with E-state index < -0.39 is 0 Å². The minimum Gasteiger partial charge on any atom is -0.493 e. The van der Waals surface area contributed by atoms with Gasteiger partial charge in [-0.25, -0.2) is 0 Å². The van der Waals surface area contributed by atoms with Gasteiger partial charge < -0.3 is 4.74 Å². The molecule has 0 fully saturated rings. The number of carbonyl (C=O) groups excluding carboxylic acids is 1. The van der Waals surface area contributed by atoms with Gasteiger partial charge in [0, 0.05) is 4.90 Å². The highest BCUT2D eigenvalue weighted by molar-refractivity contribution is 8.00. The summed E-state index contributed by atoms with van der Waals surface area (Å²) < 4.78 is 5.70. The molecule has 21 heavy (non-hydrogen) atoms. The van der Waals surface area contributed by atoms with Crippen LogP contribution < -0.4 is 4.74 Å². The van der Waals surface area contributed by atoms with E-state index in [1.807, 2.05) is 42.5 Å². The lowest BCUT2D eigenvalue weighted by molar-refractivity contribution is 0.101. The molecule has 108 valence electrons. The molecule has 0 unspecified atom stereocenters. The van der Waals surface area contributed by atoms with Crippen molar-refractivity contribution in [3.8, 4) is 5.75 Å². The highest BCUT2D eigenvalue weighted by Gasteiger charge is 2.19. The summed E-state index contributed by atoms with van der Waals surface area (Å²) in [6, 6.07) is 13.4. The number of thioether (sulfide) groups is 1. The molecule has 2 nitrogen and oxygen atoms in total. The Balaban J connectivity index is 1.76. The maximum Gasteiger partial charge on any atom is 0.176 e. The maximum absolute atomic E-state index is 12.5. The van der Waals surface area contributed by atoms with Crippen LogP contribution in [0.4, 0.5) is 0 Å². The highest BCUT2D eigenvalue weighted by atomic mass is 35.5. The molecule has 0 radical (unpaired) electrons. The van der Waals surface area contributed by atoms with Gasteiger partial charge in [-0.15, -0.1) is 11.8 Å². The van der Waals surface area contributed by atoms with E-state index in [2.05, 4.69) is 0 Å². The van der Waals surface area contributed by atoms with E-state index in [1.165, 1.54) is 11.8 Å². The lowest BCUT2D eigenvalue weighted by Gasteiger charge is -2.19. The van der Waals surface area contributed by atoms with Gasteiger partial charge in [-0.2, -0.15) is 0 Å². The number of benzene rings is 2. The van der Waals surface area contributed by atoms with E-state index in [9.17, 15) is 4.79 Å². The van der Waals surface area contributed by atoms with Crippen molar-refractivity contribution in [2.75, 3.05) is 12.4 Å². The van der Waals surface area contributed by atoms with Crippen molar-refractivity contribution in [1.82, 2.24) is 0 Å². The molecule has 1 heterocycles. The zero-order valence-corrected chi connectivity index (χ0v) is 13.0. The Bertz CT molecular complexity index is 670. The number of para-hydroxylation sites is 1. The molecule has 0 N–H and O–H groups in total. The van der Waals surface area contributed by atoms with Crippen LogP contribution in [0.15, 0.2) is 47.4 Å². The van der Waals surface area contributed by atoms with Gasteiger partial charge in [0.15, 0.2) is 5.78 Å². The summed E-state index contributed by atoms with van der Waals surface area (Å²) in [5, 5.41) is 0.682. The topological polar surface area (TPSA) is 26.3 Å². The van der Waals surface area contributed by atoms with Crippen LogP contribution in [0.3, 0.4) is 0 Å². The Morgan fingerprint density at radius 1 is 1.19 bits per heavy atom. The summed E-state index contributed by atoms with van der Waals surface area (Å²) >= 11 is 7.58. The molecule has 0 bridgehead atoms. The van der Waals surface area contributed by atoms with E-state index in [0.29, 0.717) is 22.9 Å². The quantitative estimate of drug-likeness (QED) is 0.607. The number of hydrogen-bond acceptors (Lipinski definition) is 3. The third-order valence-electron chi connectivity index (χ3n) is 3.43. The van der Waals surface area contributed by atoms with Crippen LogP contribution in [0.25, 0.3) is 0 Å². The summed E-state index contributed by atoms with van der Waals surface area (Å²) in [7, 11) is 0. The Morgan fingerprint density at radius 3 is 2.90 bits per heavy atom. The average molecular weight is 319 g/mol. The molecule has 0 saturated carbocycles. The fourth-order valence-electron chi connectivity index (χ4n) is 2.39. The lowest BCUT2D eigenvalue weighted by atomic mass is 10.0. The summed E-state index contributed by atoms with van der Waals surface area (Å²) in [5.74, 6) is 1.22. The predicted octanol–water partition coefficient (Wildman–Crippen LogP) is 4.64. The molecule has 2 aromatic carbocycles. The van der Waals surface area contributed by atoms with E-state index in [4.69, 9.17) is 16.3 Å². The van der Waals surface area contributed by atoms with Crippen LogP contribution in [0.1, 0.15) is 22.3 Å². The molecule has 2 aromatic rings. The number of Topliss-reactive ketones (excluding diaryl/α,β-unsaturated/α-hetero) is 1. The van der Waals surface area contributed by atoms with Gasteiger partial charge in [0.25, 0.3) is 0 Å². The normalized spacial score (nSPS) is 13.4. The van der Waals surface area contributed by atoms with Crippen LogP contribution in [0.5, 0.6) is 5.75 Å². The molecule has 0 aromatic heterocycles. The Hall–Kier alpha value is -1.45. The second kappa shape index (κ2) is 6.54. The van der Waals surface area contributed by atoms with Crippen molar-refractivity contribution in [1.29, 1.82) is 0 Å². The van der Waals surface area contributed by atoms with Gasteiger partial charge in [-0.05, 0) is 36.6 Å². The average Bonchev–Trinajstić information content (AvgIpc) is 2.53. The first kappa shape index (κ1) is 14.5. The zero-order valence-electron chi connectivity index (χ0n) is 11.5. The van der Waals surface area contributed by atoms with Crippen LogP contribution in [0.2, 0.25) is 5.02 Å². The van der Waals surface area contributed by atoms with Crippen LogP contribution in [-0.2, 0) is 6.42 Å². The Morgan fingerprint density at radius 2 is 2.05 bits per heavy atom. The first-order valence-corrected chi connectivity index (χ1v) is 8.27. The number of ketones is 1. The van der Waals surface area contributed by atoms with E-state index in [-0.39, 0.29) is 5.78 Å². The fraction of sp³-hybridized carbons (Fsp3) is 0.235. The number of halogens is 1. The summed E-state index contributed by atoms with van der Waals surface area (Å²) in [4.78, 5) is 13.4. The second-order valence-corrected chi connectivity index (χ2v) is 6.31. The van der Waals surface area contributed by atoms with Crippen molar-refractivity contribution in [3.05, 3.63) is 58.6 Å². The van der Waals surface area contributed by atoms with Gasteiger partial charge in [-0.3, -0.25) is 4.79 Å². The molecule has 1 aliphatic rings. The highest BCUT2D eigenvalue weighted by Crippen LogP contribution is 2.32. The van der Waals surface area contributed by atoms with Crippen molar-refractivity contribution in [2.45, 2.75) is 17.7 Å². The largest absolute Gasteiger partial charge is 0.493 e. The van der Waals surface area contributed by atoms with E-state index in [1.54, 1.807) is 0 Å². The molecule has 0 atom stereocenters. The van der Waals surface area contributed by atoms with Gasteiger partial charge >= 0.3 is 0 Å². The molecule has 4 heteroatoms. The molecule has 0 spiro atoms. The second-order valence-electron chi connectivity index (χ2n) is 4.89. The molecule has 1 aliphatic heterocycles. The SMILES string of the molecule is O=C(CSc1ccccc1Cl)c1cccc2c1OCCC2. The standard InChI is InChI=1S/C17H15ClO2S/c18-14-8-1-2-9-16(14)21-11-15(19)13-7-3-5-12-6-4-10-20-17(12)13/h1-3,5,7-9H,4,6,10-11H2. The van der Waals surface area contributed by atoms with Crippen molar-refractivity contribution in [3.63, 3.8) is 0 Å². The first-order chi connectivity index (χ1) is 10.3. The van der Waals surface area contributed by atoms with Crippen molar-refractivity contribution in [2.24, 2.45) is 0 Å². The van der Waals surface area contributed by atoms with Gasteiger partial charge in [0.1, 0.15) is 5.75 Å². The third kappa shape index (κ3) is 3.25. The molecular formula is C17H15ClO2S. The summed E-state index contributed by atoms with van der Waals surface area (Å²) in [6.45, 7) is 0.689. The molecule has 3 rings (SSSR count). The number of rotatable bonds is 4. The number of carbonyl (C=O) groups is 1. The molecular weight excluding hydrogens is 304 g/mol. The number of fused-ring (bicyclic) bond motifs is 1. The van der Waals surface area contributed by atoms with E-state index in [0.717, 1.165) is 29.1 Å². The van der Waals surface area contributed by atoms with Crippen LogP contribution in [-0.4, -0.2) is 18.1 Å². The molecule has 0 amide bonds. The number of ether oxygens (including phenoxy) is 1. The lowest BCUT2D eigenvalue weighted by Crippen LogP contribution is -2.13. The Labute approximate surface area is 133 Å². The predicted molar refractivity (Wildman–Crippen MR) is 86.8 cm³/mol. The molecule has 0 saturated heterocycles. The van der Waals surface area contributed by atoms with Gasteiger partial charge in [0.2, 0.25) is 0 Å². The zero-order chi connectivity index (χ0) is 14.7. The minimum atomic E-state index is 0.0821. The van der Waals surface area contributed by atoms with E-state index >= 15 is 0 Å². The number of aryl methyl sites for hydroxylation is 1. The van der Waals surface area contributed by atoms with Gasteiger partial charge in [-0.1, -0.05) is 35.9 Å². The summed E-state index contributed by atoms with van der Waals surface area (Å²) in [6.07, 6.45) is 1.99. The number of hydrogen-bond donors (Lipinski definition) is 0. The first-order valence-electron chi connectivity index (χ1n) is 6.91. The van der Waals surface area contributed by atoms with Crippen molar-refractivity contribution >= 4 is 29.1 Å². The maximum atomic E-state index is 12.5. The molecule has 0 aliphatic carbocycles. The van der Waals surface area contributed by atoms with Gasteiger partial charge in [0.05, 0.1) is 22.9 Å².